The van der Waals surface area contributed by atoms with Crippen LogP contribution in [0.1, 0.15) is 19.4 Å². The van der Waals surface area contributed by atoms with Crippen LogP contribution in [-0.2, 0) is 11.2 Å². The van der Waals surface area contributed by atoms with Gasteiger partial charge in [-0.15, -0.1) is 0 Å². The number of aryl methyl sites for hydroxylation is 1. The number of nitrogens with one attached hydrogen (secondary N) is 2. The second-order valence-electron chi connectivity index (χ2n) is 4.61. The first-order valence-corrected chi connectivity index (χ1v) is 6.71. The summed E-state index contributed by atoms with van der Waals surface area (Å²) in [7, 11) is 0. The predicted molar refractivity (Wildman–Crippen MR) is 83.1 cm³/mol. The molecule has 0 amide bonds. The lowest BCUT2D eigenvalue weighted by Crippen LogP contribution is -2.11. The summed E-state index contributed by atoms with van der Waals surface area (Å²) in [6, 6.07) is 3.68. The number of H-pyrrole nitrogens is 1. The molecule has 0 bridgehead atoms. The van der Waals surface area contributed by atoms with Crippen molar-refractivity contribution in [2.24, 2.45) is 0 Å². The molecule has 0 fully saturated rings. The lowest BCUT2D eigenvalue weighted by Gasteiger charge is -2.08. The van der Waals surface area contributed by atoms with Gasteiger partial charge in [0.15, 0.2) is 5.78 Å². The van der Waals surface area contributed by atoms with Gasteiger partial charge in [0.1, 0.15) is 5.69 Å². The van der Waals surface area contributed by atoms with E-state index < -0.39 is 0 Å². The number of nitrogens with zero attached hydrogens (tertiary/aromatic N) is 1. The molecule has 0 atom stereocenters. The molecule has 2 N–H and O–H groups in total. The van der Waals surface area contributed by atoms with Crippen LogP contribution < -0.4 is 10.9 Å². The number of aromatic amines is 1. The Morgan fingerprint density at radius 2 is 2.29 bits per heavy atom. The third kappa shape index (κ3) is 3.66. The van der Waals surface area contributed by atoms with Gasteiger partial charge in [-0.3, -0.25) is 14.6 Å². The van der Waals surface area contributed by atoms with Gasteiger partial charge in [0.25, 0.3) is 5.56 Å². The molecule has 0 radical (unpaired) electrons. The average molecular weight is 283 g/mol. The maximum atomic E-state index is 11.8. The Hall–Kier alpha value is -2.69. The minimum Gasteiger partial charge on any atom is -0.357 e. The largest absolute Gasteiger partial charge is 0.357 e. The Bertz CT molecular complexity index is 732. The fourth-order valence-corrected chi connectivity index (χ4v) is 1.99. The third-order valence-electron chi connectivity index (χ3n) is 3.06. The lowest BCUT2D eigenvalue weighted by molar-refractivity contribution is -0.112. The second-order valence-corrected chi connectivity index (χ2v) is 4.61. The van der Waals surface area contributed by atoms with Crippen molar-refractivity contribution in [1.29, 1.82) is 0 Å². The van der Waals surface area contributed by atoms with Crippen molar-refractivity contribution < 1.29 is 4.79 Å². The summed E-state index contributed by atoms with van der Waals surface area (Å²) < 4.78 is 0. The van der Waals surface area contributed by atoms with E-state index in [2.05, 4.69) is 22.2 Å². The van der Waals surface area contributed by atoms with E-state index in [9.17, 15) is 9.59 Å². The summed E-state index contributed by atoms with van der Waals surface area (Å²) in [6.07, 6.45) is 8.91. The Morgan fingerprint density at radius 1 is 1.48 bits per heavy atom. The molecule has 5 heteroatoms. The fraction of sp³-hybridized carbons (Fsp3) is 0.188. The van der Waals surface area contributed by atoms with Gasteiger partial charge in [-0.2, -0.15) is 0 Å². The van der Waals surface area contributed by atoms with Crippen molar-refractivity contribution in [3.05, 3.63) is 58.9 Å². The van der Waals surface area contributed by atoms with E-state index in [0.29, 0.717) is 5.69 Å². The number of ketones is 1. The highest BCUT2D eigenvalue weighted by atomic mass is 16.1. The molecule has 5 nitrogen and oxygen atoms in total. The molecule has 0 aliphatic rings. The topological polar surface area (TPSA) is 74.8 Å². The number of aromatic nitrogens is 2. The van der Waals surface area contributed by atoms with Crippen LogP contribution in [0.4, 0.5) is 5.69 Å². The van der Waals surface area contributed by atoms with Crippen molar-refractivity contribution in [1.82, 2.24) is 9.97 Å². The number of carbonyl (C=O) groups is 1. The molecule has 2 aromatic heterocycles. The molecule has 0 aliphatic heterocycles. The highest BCUT2D eigenvalue weighted by molar-refractivity contribution is 5.87. The van der Waals surface area contributed by atoms with Gasteiger partial charge in [-0.1, -0.05) is 6.92 Å². The quantitative estimate of drug-likeness (QED) is 0.827. The summed E-state index contributed by atoms with van der Waals surface area (Å²) in [5.74, 6) is -0.0857. The number of rotatable bonds is 5. The lowest BCUT2D eigenvalue weighted by atomic mass is 10.0. The van der Waals surface area contributed by atoms with Gasteiger partial charge in [0, 0.05) is 30.4 Å². The molecule has 0 aromatic carbocycles. The minimum atomic E-state index is -0.237. The fourth-order valence-electron chi connectivity index (χ4n) is 1.99. The van der Waals surface area contributed by atoms with Gasteiger partial charge in [0.2, 0.25) is 0 Å². The van der Waals surface area contributed by atoms with Crippen molar-refractivity contribution >= 4 is 11.5 Å². The van der Waals surface area contributed by atoms with E-state index in [-0.39, 0.29) is 11.3 Å². The van der Waals surface area contributed by atoms with Crippen LogP contribution >= 0.6 is 0 Å². The number of pyridine rings is 2. The molecule has 0 aliphatic carbocycles. The van der Waals surface area contributed by atoms with Crippen molar-refractivity contribution in [3.63, 3.8) is 0 Å². The zero-order valence-electron chi connectivity index (χ0n) is 12.0. The Morgan fingerprint density at radius 3 is 3.00 bits per heavy atom. The van der Waals surface area contributed by atoms with E-state index in [0.717, 1.165) is 23.1 Å². The van der Waals surface area contributed by atoms with E-state index >= 15 is 0 Å². The minimum absolute atomic E-state index is 0.0857. The second kappa shape index (κ2) is 6.65. The standard InChI is InChI=1S/C16H17N3O2/c1-3-12-9-17-6-5-14(12)13-8-15(16(21)19-10-13)18-7-4-11(2)20/h4-10,18H,3H2,1-2H3,(H,19,21)/b7-4+. The Labute approximate surface area is 122 Å². The number of hydrogen-bond donors (Lipinski definition) is 2. The molecule has 0 spiro atoms. The molecular formula is C16H17N3O2. The molecule has 0 saturated heterocycles. The van der Waals surface area contributed by atoms with Crippen LogP contribution in [0.3, 0.4) is 0 Å². The van der Waals surface area contributed by atoms with E-state index in [4.69, 9.17) is 0 Å². The van der Waals surface area contributed by atoms with Gasteiger partial charge >= 0.3 is 0 Å². The molecule has 2 rings (SSSR count). The van der Waals surface area contributed by atoms with Gasteiger partial charge in [-0.25, -0.2) is 0 Å². The van der Waals surface area contributed by atoms with E-state index in [1.807, 2.05) is 12.3 Å². The predicted octanol–water partition coefficient (Wildman–Crippen LogP) is 2.51. The summed E-state index contributed by atoms with van der Waals surface area (Å²) >= 11 is 0. The maximum absolute atomic E-state index is 11.8. The van der Waals surface area contributed by atoms with Gasteiger partial charge in [-0.05, 0) is 42.7 Å². The van der Waals surface area contributed by atoms with Crippen LogP contribution in [0, 0.1) is 0 Å². The van der Waals surface area contributed by atoms with Crippen LogP contribution in [0.5, 0.6) is 0 Å². The van der Waals surface area contributed by atoms with Gasteiger partial charge in [0.05, 0.1) is 0 Å². The molecule has 2 heterocycles. The Balaban J connectivity index is 2.38. The number of carbonyl (C=O) groups excluding carboxylic acids is 1. The first-order valence-electron chi connectivity index (χ1n) is 6.71. The normalized spacial score (nSPS) is 10.8. The average Bonchev–Trinajstić information content (AvgIpc) is 2.49. The highest BCUT2D eigenvalue weighted by Crippen LogP contribution is 2.23. The summed E-state index contributed by atoms with van der Waals surface area (Å²) in [6.45, 7) is 3.50. The molecule has 0 saturated carbocycles. The number of anilines is 1. The smallest absolute Gasteiger partial charge is 0.271 e. The van der Waals surface area contributed by atoms with E-state index in [1.165, 1.54) is 19.2 Å². The van der Waals surface area contributed by atoms with Crippen LogP contribution in [0.2, 0.25) is 0 Å². The molecule has 108 valence electrons. The number of allylic oxidation sites excluding steroid dienone is 1. The first-order chi connectivity index (χ1) is 10.1. The van der Waals surface area contributed by atoms with Crippen molar-refractivity contribution in [3.8, 4) is 11.1 Å². The third-order valence-corrected chi connectivity index (χ3v) is 3.06. The zero-order chi connectivity index (χ0) is 15.2. The first kappa shape index (κ1) is 14.7. The number of hydrogen-bond acceptors (Lipinski definition) is 4. The zero-order valence-corrected chi connectivity index (χ0v) is 12.0. The van der Waals surface area contributed by atoms with Crippen LogP contribution in [-0.4, -0.2) is 15.8 Å². The van der Waals surface area contributed by atoms with E-state index in [1.54, 1.807) is 18.5 Å². The van der Waals surface area contributed by atoms with Crippen molar-refractivity contribution in [2.45, 2.75) is 20.3 Å². The monoisotopic (exact) mass is 283 g/mol. The van der Waals surface area contributed by atoms with Crippen molar-refractivity contribution in [2.75, 3.05) is 5.32 Å². The molecule has 0 unspecified atom stereocenters. The Kier molecular flexibility index (Phi) is 4.66. The SMILES string of the molecule is CCc1cnccc1-c1c[nH]c(=O)c(N/C=C/C(C)=O)c1. The maximum Gasteiger partial charge on any atom is 0.271 e. The van der Waals surface area contributed by atoms with Gasteiger partial charge < -0.3 is 10.3 Å². The highest BCUT2D eigenvalue weighted by Gasteiger charge is 2.06. The summed E-state index contributed by atoms with van der Waals surface area (Å²) in [5.41, 5.74) is 3.19. The van der Waals surface area contributed by atoms with Crippen LogP contribution in [0.15, 0.2) is 47.8 Å². The molecular weight excluding hydrogens is 266 g/mol. The molecule has 2 aromatic rings. The van der Waals surface area contributed by atoms with Crippen LogP contribution in [0.25, 0.3) is 11.1 Å². The summed E-state index contributed by atoms with van der Waals surface area (Å²) in [4.78, 5) is 29.5. The summed E-state index contributed by atoms with van der Waals surface area (Å²) in [5, 5.41) is 2.83. The molecule has 21 heavy (non-hydrogen) atoms.